The summed E-state index contributed by atoms with van der Waals surface area (Å²) in [4.78, 5) is 15.2. The van der Waals surface area contributed by atoms with E-state index in [0.29, 0.717) is 16.8 Å². The average Bonchev–Trinajstić information content (AvgIpc) is 2.79. The molecule has 0 atom stereocenters. The lowest BCUT2D eigenvalue weighted by atomic mass is 10.1. The Morgan fingerprint density at radius 2 is 2.04 bits per heavy atom. The van der Waals surface area contributed by atoms with Crippen LogP contribution in [-0.2, 0) is 27.6 Å². The van der Waals surface area contributed by atoms with Crippen molar-refractivity contribution in [1.82, 2.24) is 9.55 Å². The molecular weight excluding hydrogens is 359 g/mol. The van der Waals surface area contributed by atoms with E-state index in [1.807, 2.05) is 4.57 Å². The van der Waals surface area contributed by atoms with Crippen LogP contribution in [-0.4, -0.2) is 35.3 Å². The van der Waals surface area contributed by atoms with E-state index < -0.39 is 21.6 Å². The van der Waals surface area contributed by atoms with Crippen LogP contribution in [0.5, 0.6) is 0 Å². The van der Waals surface area contributed by atoms with E-state index in [1.54, 1.807) is 31.3 Å². The quantitative estimate of drug-likeness (QED) is 0.739. The van der Waals surface area contributed by atoms with Crippen molar-refractivity contribution in [2.24, 2.45) is 0 Å². The van der Waals surface area contributed by atoms with E-state index in [2.05, 4.69) is 4.98 Å². The first-order valence-electron chi connectivity index (χ1n) is 7.81. The second kappa shape index (κ2) is 6.53. The van der Waals surface area contributed by atoms with Gasteiger partial charge in [-0.3, -0.25) is 4.79 Å². The first-order chi connectivity index (χ1) is 12.2. The molecule has 3 rings (SSSR count). The number of fused-ring (bicyclic) bond motifs is 1. The molecule has 26 heavy (non-hydrogen) atoms. The van der Waals surface area contributed by atoms with E-state index >= 15 is 0 Å². The number of hydrogen-bond acceptors (Lipinski definition) is 4. The molecule has 0 aliphatic heterocycles. The largest absolute Gasteiger partial charge is 0.481 e. The molecule has 0 aliphatic carbocycles. The number of sulfone groups is 1. The molecule has 0 saturated carbocycles. The second-order valence-electron chi connectivity index (χ2n) is 6.13. The van der Waals surface area contributed by atoms with Crippen LogP contribution in [0.1, 0.15) is 16.8 Å². The summed E-state index contributed by atoms with van der Waals surface area (Å²) in [5.74, 6) is -1.75. The number of carboxylic acids is 1. The normalized spacial score (nSPS) is 11.8. The van der Waals surface area contributed by atoms with Crippen molar-refractivity contribution in [2.45, 2.75) is 24.8 Å². The number of hydrogen-bond donors (Lipinski definition) is 1. The number of aromatic nitrogens is 2. The van der Waals surface area contributed by atoms with E-state index in [4.69, 9.17) is 5.11 Å². The number of rotatable bonds is 5. The zero-order valence-corrected chi connectivity index (χ0v) is 15.0. The molecule has 0 radical (unpaired) electrons. The zero-order chi connectivity index (χ0) is 19.1. The summed E-state index contributed by atoms with van der Waals surface area (Å²) in [7, 11) is -3.63. The molecule has 0 aliphatic rings. The summed E-state index contributed by atoms with van der Waals surface area (Å²) >= 11 is 0. The number of benzene rings is 1. The Labute approximate surface area is 149 Å². The van der Waals surface area contributed by atoms with Gasteiger partial charge in [-0.2, -0.15) is 0 Å². The fraction of sp³-hybridized carbons (Fsp3) is 0.222. The SMILES string of the molecule is Cc1c(CC(=O)O)c2cccnc2n1Cc1ccc(S(C)(=O)=O)c(F)c1. The Morgan fingerprint density at radius 3 is 2.65 bits per heavy atom. The fourth-order valence-corrected chi connectivity index (χ4v) is 3.79. The first-order valence-corrected chi connectivity index (χ1v) is 9.70. The van der Waals surface area contributed by atoms with Crippen LogP contribution in [0.4, 0.5) is 4.39 Å². The van der Waals surface area contributed by atoms with Gasteiger partial charge in [-0.1, -0.05) is 6.07 Å². The summed E-state index contributed by atoms with van der Waals surface area (Å²) in [5, 5.41) is 9.89. The van der Waals surface area contributed by atoms with E-state index in [1.165, 1.54) is 12.1 Å². The third-order valence-corrected chi connectivity index (χ3v) is 5.40. The highest BCUT2D eigenvalue weighted by Gasteiger charge is 2.18. The summed E-state index contributed by atoms with van der Waals surface area (Å²) < 4.78 is 39.1. The van der Waals surface area contributed by atoms with Gasteiger partial charge in [0, 0.05) is 30.1 Å². The zero-order valence-electron chi connectivity index (χ0n) is 14.2. The molecule has 2 heterocycles. The molecule has 1 aromatic carbocycles. The Bertz CT molecular complexity index is 1120. The first kappa shape index (κ1) is 18.1. The number of carbonyl (C=O) groups is 1. The van der Waals surface area contributed by atoms with Gasteiger partial charge < -0.3 is 9.67 Å². The van der Waals surface area contributed by atoms with Crippen LogP contribution in [0, 0.1) is 12.7 Å². The molecular formula is C18H17FN2O4S. The number of pyridine rings is 1. The number of aliphatic carboxylic acids is 1. The summed E-state index contributed by atoms with van der Waals surface area (Å²) in [6.45, 7) is 2.04. The number of carboxylic acid groups (broad SMARTS) is 1. The standard InChI is InChI=1S/C18H17FN2O4S/c1-11-14(9-17(22)23)13-4-3-7-20-18(13)21(11)10-12-5-6-16(15(19)8-12)26(2,24)25/h3-8H,9-10H2,1-2H3,(H,22,23). The van der Waals surface area contributed by atoms with Crippen LogP contribution in [0.2, 0.25) is 0 Å². The maximum absolute atomic E-state index is 14.2. The lowest BCUT2D eigenvalue weighted by Crippen LogP contribution is -2.07. The van der Waals surface area contributed by atoms with Gasteiger partial charge in [0.2, 0.25) is 0 Å². The second-order valence-corrected chi connectivity index (χ2v) is 8.12. The van der Waals surface area contributed by atoms with Crippen LogP contribution >= 0.6 is 0 Å². The predicted molar refractivity (Wildman–Crippen MR) is 94.4 cm³/mol. The lowest BCUT2D eigenvalue weighted by molar-refractivity contribution is -0.136. The fourth-order valence-electron chi connectivity index (χ4n) is 3.06. The van der Waals surface area contributed by atoms with Gasteiger partial charge in [-0.15, -0.1) is 0 Å². The maximum atomic E-state index is 14.2. The van der Waals surface area contributed by atoms with Crippen LogP contribution in [0.3, 0.4) is 0 Å². The van der Waals surface area contributed by atoms with Crippen LogP contribution < -0.4 is 0 Å². The smallest absolute Gasteiger partial charge is 0.307 e. The van der Waals surface area contributed by atoms with Crippen molar-refractivity contribution in [3.8, 4) is 0 Å². The highest BCUT2D eigenvalue weighted by atomic mass is 32.2. The number of nitrogens with zero attached hydrogens (tertiary/aromatic N) is 2. The molecule has 0 amide bonds. The Morgan fingerprint density at radius 1 is 1.31 bits per heavy atom. The highest BCUT2D eigenvalue weighted by molar-refractivity contribution is 7.90. The lowest BCUT2D eigenvalue weighted by Gasteiger charge is -2.10. The summed E-state index contributed by atoms with van der Waals surface area (Å²) in [6, 6.07) is 7.51. The van der Waals surface area contributed by atoms with Crippen molar-refractivity contribution in [3.63, 3.8) is 0 Å². The molecule has 2 aromatic heterocycles. The molecule has 0 spiro atoms. The molecule has 0 saturated heterocycles. The van der Waals surface area contributed by atoms with Gasteiger partial charge in [-0.05, 0) is 42.3 Å². The van der Waals surface area contributed by atoms with Crippen molar-refractivity contribution < 1.29 is 22.7 Å². The minimum atomic E-state index is -3.63. The molecule has 3 aromatic rings. The van der Waals surface area contributed by atoms with Gasteiger partial charge in [0.1, 0.15) is 16.4 Å². The van der Waals surface area contributed by atoms with Crippen molar-refractivity contribution >= 4 is 26.8 Å². The van der Waals surface area contributed by atoms with Crippen LogP contribution in [0.15, 0.2) is 41.4 Å². The predicted octanol–water partition coefficient (Wildman–Crippen LogP) is 2.56. The number of halogens is 1. The van der Waals surface area contributed by atoms with Crippen molar-refractivity contribution in [2.75, 3.05) is 6.26 Å². The van der Waals surface area contributed by atoms with E-state index in [0.717, 1.165) is 17.3 Å². The Kier molecular flexibility index (Phi) is 4.53. The monoisotopic (exact) mass is 376 g/mol. The van der Waals surface area contributed by atoms with E-state index in [9.17, 15) is 17.6 Å². The van der Waals surface area contributed by atoms with Gasteiger partial charge in [0.25, 0.3) is 0 Å². The van der Waals surface area contributed by atoms with Gasteiger partial charge in [0.05, 0.1) is 6.42 Å². The third kappa shape index (κ3) is 3.32. The Hall–Kier alpha value is -2.74. The minimum Gasteiger partial charge on any atom is -0.481 e. The van der Waals surface area contributed by atoms with E-state index in [-0.39, 0.29) is 17.9 Å². The van der Waals surface area contributed by atoms with Gasteiger partial charge in [-0.25, -0.2) is 17.8 Å². The molecule has 0 bridgehead atoms. The summed E-state index contributed by atoms with van der Waals surface area (Å²) in [6.07, 6.45) is 2.43. The highest BCUT2D eigenvalue weighted by Crippen LogP contribution is 2.26. The molecule has 0 unspecified atom stereocenters. The summed E-state index contributed by atoms with van der Waals surface area (Å²) in [5.41, 5.74) is 2.55. The molecule has 0 fully saturated rings. The molecule has 6 nitrogen and oxygen atoms in total. The van der Waals surface area contributed by atoms with Gasteiger partial charge >= 0.3 is 5.97 Å². The molecule has 1 N–H and O–H groups in total. The van der Waals surface area contributed by atoms with Crippen molar-refractivity contribution in [3.05, 3.63) is 59.2 Å². The van der Waals surface area contributed by atoms with Gasteiger partial charge in [0.15, 0.2) is 9.84 Å². The Balaban J connectivity index is 2.08. The van der Waals surface area contributed by atoms with Crippen molar-refractivity contribution in [1.29, 1.82) is 0 Å². The average molecular weight is 376 g/mol. The van der Waals surface area contributed by atoms with Crippen LogP contribution in [0.25, 0.3) is 11.0 Å². The maximum Gasteiger partial charge on any atom is 0.307 e. The molecule has 136 valence electrons. The molecule has 8 heteroatoms. The minimum absolute atomic E-state index is 0.137. The third-order valence-electron chi connectivity index (χ3n) is 4.27. The topological polar surface area (TPSA) is 89.3 Å².